The summed E-state index contributed by atoms with van der Waals surface area (Å²) < 4.78 is 9.01. The molecule has 11 aromatic rings. The van der Waals surface area contributed by atoms with Crippen molar-refractivity contribution >= 4 is 82.4 Å². The Morgan fingerprint density at radius 3 is 1.66 bits per heavy atom. The first-order valence-electron chi connectivity index (χ1n) is 18.1. The number of anilines is 3. The van der Waals surface area contributed by atoms with E-state index in [9.17, 15) is 0 Å². The van der Waals surface area contributed by atoms with Gasteiger partial charge in [0.2, 0.25) is 0 Å². The van der Waals surface area contributed by atoms with Crippen LogP contribution in [0.3, 0.4) is 0 Å². The molecule has 11 rings (SSSR count). The zero-order valence-electron chi connectivity index (χ0n) is 28.8. The van der Waals surface area contributed by atoms with Crippen molar-refractivity contribution < 1.29 is 4.42 Å². The highest BCUT2D eigenvalue weighted by atomic mass is 16.3. The maximum absolute atomic E-state index is 6.65. The topological polar surface area (TPSA) is 21.3 Å². The monoisotopic (exact) mass is 676 g/mol. The van der Waals surface area contributed by atoms with E-state index < -0.39 is 0 Å². The lowest BCUT2D eigenvalue weighted by atomic mass is 10.00. The van der Waals surface area contributed by atoms with Gasteiger partial charge < -0.3 is 13.9 Å². The van der Waals surface area contributed by atoms with E-state index in [2.05, 4.69) is 198 Å². The predicted molar refractivity (Wildman–Crippen MR) is 223 cm³/mol. The normalized spacial score (nSPS) is 11.8. The number of benzene rings is 9. The molecule has 0 spiro atoms. The van der Waals surface area contributed by atoms with Gasteiger partial charge in [0.25, 0.3) is 0 Å². The van der Waals surface area contributed by atoms with E-state index in [-0.39, 0.29) is 0 Å². The first-order valence-corrected chi connectivity index (χ1v) is 18.1. The van der Waals surface area contributed by atoms with Crippen LogP contribution in [-0.4, -0.2) is 4.57 Å². The number of fused-ring (bicyclic) bond motifs is 9. The van der Waals surface area contributed by atoms with Crippen LogP contribution < -0.4 is 4.90 Å². The van der Waals surface area contributed by atoms with Crippen molar-refractivity contribution in [2.24, 2.45) is 0 Å². The Kier molecular flexibility index (Phi) is 6.55. The van der Waals surface area contributed by atoms with Crippen molar-refractivity contribution in [2.45, 2.75) is 0 Å². The highest BCUT2D eigenvalue weighted by Crippen LogP contribution is 2.47. The number of furan rings is 1. The van der Waals surface area contributed by atoms with Crippen molar-refractivity contribution in [3.05, 3.63) is 194 Å². The van der Waals surface area contributed by atoms with Crippen molar-refractivity contribution in [1.82, 2.24) is 4.57 Å². The second-order valence-electron chi connectivity index (χ2n) is 13.7. The molecule has 0 N–H and O–H groups in total. The maximum atomic E-state index is 6.65. The van der Waals surface area contributed by atoms with Gasteiger partial charge in [-0.2, -0.15) is 0 Å². The minimum Gasteiger partial charge on any atom is -0.455 e. The molecule has 0 aliphatic carbocycles. The largest absolute Gasteiger partial charge is 0.455 e. The van der Waals surface area contributed by atoms with Crippen LogP contribution in [0.2, 0.25) is 0 Å². The molecule has 0 unspecified atom stereocenters. The Hall–Kier alpha value is -7.10. The van der Waals surface area contributed by atoms with Crippen molar-refractivity contribution in [1.29, 1.82) is 0 Å². The smallest absolute Gasteiger partial charge is 0.145 e. The number of rotatable bonds is 5. The third kappa shape index (κ3) is 4.61. The summed E-state index contributed by atoms with van der Waals surface area (Å²) in [4.78, 5) is 2.41. The standard InChI is InChI=1S/C50H32N2O/c1-3-15-39-35(12-1)14-11-22-44(39)52(47-32-36-13-2-4-16-40(36)50-49(47)43-19-7-10-23-48(43)53-50)38-30-26-34(27-31-38)33-24-28-37(29-25-33)51-45-20-8-5-17-41(45)42-18-6-9-21-46(42)51/h1-32H. The minimum absolute atomic E-state index is 0.887. The molecule has 0 bridgehead atoms. The van der Waals surface area contributed by atoms with E-state index in [1.54, 1.807) is 0 Å². The number of para-hydroxylation sites is 3. The molecular weight excluding hydrogens is 645 g/mol. The molecule has 0 atom stereocenters. The second-order valence-corrected chi connectivity index (χ2v) is 13.7. The molecule has 0 radical (unpaired) electrons. The van der Waals surface area contributed by atoms with E-state index in [0.29, 0.717) is 0 Å². The number of hydrogen-bond donors (Lipinski definition) is 0. The minimum atomic E-state index is 0.887. The Balaban J connectivity index is 1.07. The van der Waals surface area contributed by atoms with E-state index >= 15 is 0 Å². The van der Waals surface area contributed by atoms with Gasteiger partial charge in [-0.25, -0.2) is 0 Å². The highest BCUT2D eigenvalue weighted by molar-refractivity contribution is 6.22. The Morgan fingerprint density at radius 1 is 0.396 bits per heavy atom. The fourth-order valence-corrected chi connectivity index (χ4v) is 8.33. The van der Waals surface area contributed by atoms with Gasteiger partial charge in [0.15, 0.2) is 0 Å². The molecule has 2 heterocycles. The molecule has 53 heavy (non-hydrogen) atoms. The van der Waals surface area contributed by atoms with Gasteiger partial charge in [-0.3, -0.25) is 0 Å². The van der Waals surface area contributed by atoms with Crippen molar-refractivity contribution in [2.75, 3.05) is 4.90 Å². The average molecular weight is 677 g/mol. The molecule has 2 aromatic heterocycles. The van der Waals surface area contributed by atoms with Crippen LogP contribution >= 0.6 is 0 Å². The molecular formula is C50H32N2O. The number of nitrogens with zero attached hydrogens (tertiary/aromatic N) is 2. The van der Waals surface area contributed by atoms with Crippen LogP contribution in [0.15, 0.2) is 199 Å². The molecule has 0 aliphatic rings. The van der Waals surface area contributed by atoms with Crippen molar-refractivity contribution in [3.8, 4) is 16.8 Å². The molecule has 0 saturated heterocycles. The molecule has 3 nitrogen and oxygen atoms in total. The molecule has 0 aliphatic heterocycles. The summed E-state index contributed by atoms with van der Waals surface area (Å²) in [5.41, 5.74) is 11.0. The highest BCUT2D eigenvalue weighted by Gasteiger charge is 2.23. The predicted octanol–water partition coefficient (Wildman–Crippen LogP) is 14.1. The number of hydrogen-bond acceptors (Lipinski definition) is 2. The average Bonchev–Trinajstić information content (AvgIpc) is 3.78. The third-order valence-corrected chi connectivity index (χ3v) is 10.8. The zero-order chi connectivity index (χ0) is 34.9. The van der Waals surface area contributed by atoms with E-state index in [0.717, 1.165) is 61.0 Å². The zero-order valence-corrected chi connectivity index (χ0v) is 28.8. The van der Waals surface area contributed by atoms with Gasteiger partial charge in [-0.1, -0.05) is 140 Å². The first kappa shape index (κ1) is 29.6. The van der Waals surface area contributed by atoms with Crippen LogP contribution in [0.4, 0.5) is 17.1 Å². The molecule has 0 amide bonds. The van der Waals surface area contributed by atoms with Gasteiger partial charge in [0.1, 0.15) is 11.2 Å². The fourth-order valence-electron chi connectivity index (χ4n) is 8.33. The summed E-state index contributed by atoms with van der Waals surface area (Å²) in [7, 11) is 0. The lowest BCUT2D eigenvalue weighted by Crippen LogP contribution is -2.11. The SMILES string of the molecule is c1ccc2c(N(c3ccc(-c4ccc(-n5c6ccccc6c6ccccc65)cc4)cc3)c3cc4ccccc4c4oc5ccccc5c34)cccc2c1. The van der Waals surface area contributed by atoms with Gasteiger partial charge >= 0.3 is 0 Å². The Morgan fingerprint density at radius 2 is 0.943 bits per heavy atom. The quantitative estimate of drug-likeness (QED) is 0.181. The van der Waals surface area contributed by atoms with Crippen molar-refractivity contribution in [3.63, 3.8) is 0 Å². The van der Waals surface area contributed by atoms with E-state index in [1.165, 1.54) is 38.1 Å². The Bertz CT molecular complexity index is 3110. The lowest BCUT2D eigenvalue weighted by Gasteiger charge is -2.28. The first-order chi connectivity index (χ1) is 26.3. The molecule has 3 heteroatoms. The maximum Gasteiger partial charge on any atom is 0.145 e. The summed E-state index contributed by atoms with van der Waals surface area (Å²) in [5, 5.41) is 9.39. The van der Waals surface area contributed by atoms with Gasteiger partial charge in [-0.05, 0) is 76.5 Å². The molecule has 0 fully saturated rings. The Labute approximate surface area is 306 Å². The van der Waals surface area contributed by atoms with E-state index in [1.807, 2.05) is 6.07 Å². The second kappa shape index (κ2) is 11.7. The van der Waals surface area contributed by atoms with Crippen LogP contribution in [0.25, 0.3) is 82.1 Å². The summed E-state index contributed by atoms with van der Waals surface area (Å²) in [5.74, 6) is 0. The van der Waals surface area contributed by atoms with E-state index in [4.69, 9.17) is 4.42 Å². The summed E-state index contributed by atoms with van der Waals surface area (Å²) >= 11 is 0. The van der Waals surface area contributed by atoms with Gasteiger partial charge in [0, 0.05) is 38.3 Å². The fraction of sp³-hybridized carbons (Fsp3) is 0. The summed E-state index contributed by atoms with van der Waals surface area (Å²) in [6.45, 7) is 0. The van der Waals surface area contributed by atoms with Gasteiger partial charge in [0.05, 0.1) is 27.8 Å². The van der Waals surface area contributed by atoms with Crippen LogP contribution in [0.5, 0.6) is 0 Å². The van der Waals surface area contributed by atoms with Gasteiger partial charge in [-0.15, -0.1) is 0 Å². The number of aromatic nitrogens is 1. The summed E-state index contributed by atoms with van der Waals surface area (Å²) in [6.07, 6.45) is 0. The van der Waals surface area contributed by atoms with Crippen LogP contribution in [0, 0.1) is 0 Å². The van der Waals surface area contributed by atoms with Crippen LogP contribution in [0.1, 0.15) is 0 Å². The van der Waals surface area contributed by atoms with Crippen LogP contribution in [-0.2, 0) is 0 Å². The summed E-state index contributed by atoms with van der Waals surface area (Å²) in [6, 6.07) is 69.7. The molecule has 0 saturated carbocycles. The lowest BCUT2D eigenvalue weighted by molar-refractivity contribution is 0.672. The molecule has 248 valence electrons. The third-order valence-electron chi connectivity index (χ3n) is 10.8. The molecule has 9 aromatic carbocycles.